The van der Waals surface area contributed by atoms with Crippen molar-refractivity contribution in [2.45, 2.75) is 26.3 Å². The zero-order valence-corrected chi connectivity index (χ0v) is 16.2. The number of carbonyl (C=O) groups excluding carboxylic acids is 1. The van der Waals surface area contributed by atoms with Crippen LogP contribution in [-0.2, 0) is 17.7 Å². The van der Waals surface area contributed by atoms with Crippen LogP contribution in [0.25, 0.3) is 10.2 Å². The van der Waals surface area contributed by atoms with E-state index in [0.29, 0.717) is 38.0 Å². The Hall–Kier alpha value is -2.38. The summed E-state index contributed by atoms with van der Waals surface area (Å²) in [6.45, 7) is 2.72. The summed E-state index contributed by atoms with van der Waals surface area (Å²) in [5.74, 6) is 0.865. The molecule has 0 saturated heterocycles. The third-order valence-electron chi connectivity index (χ3n) is 4.51. The minimum atomic E-state index is -0.470. The molecule has 0 bridgehead atoms. The van der Waals surface area contributed by atoms with E-state index in [9.17, 15) is 9.59 Å². The Labute approximate surface area is 164 Å². The highest BCUT2D eigenvalue weighted by molar-refractivity contribution is 7.20. The van der Waals surface area contributed by atoms with E-state index >= 15 is 0 Å². The molecule has 4 rings (SSSR count). The van der Waals surface area contributed by atoms with Gasteiger partial charge < -0.3 is 9.47 Å². The number of para-hydroxylation sites is 1. The molecule has 0 fully saturated rings. The Morgan fingerprint density at radius 2 is 2.15 bits per heavy atom. The predicted octanol–water partition coefficient (Wildman–Crippen LogP) is 3.60. The first-order chi connectivity index (χ1) is 13.1. The lowest BCUT2D eigenvalue weighted by Crippen LogP contribution is -2.20. The number of hydrogen-bond acceptors (Lipinski definition) is 6. The van der Waals surface area contributed by atoms with E-state index in [0.717, 1.165) is 18.7 Å². The minimum absolute atomic E-state index is 0.0673. The fraction of sp³-hybridized carbons (Fsp3) is 0.316. The van der Waals surface area contributed by atoms with Gasteiger partial charge in [-0.3, -0.25) is 9.36 Å². The Balaban J connectivity index is 1.47. The van der Waals surface area contributed by atoms with E-state index in [1.54, 1.807) is 23.6 Å². The van der Waals surface area contributed by atoms with Crippen LogP contribution >= 0.6 is 22.9 Å². The van der Waals surface area contributed by atoms with Crippen LogP contribution in [0.2, 0.25) is 5.02 Å². The van der Waals surface area contributed by atoms with Crippen molar-refractivity contribution in [3.63, 3.8) is 0 Å². The molecule has 1 aliphatic rings. The van der Waals surface area contributed by atoms with Crippen molar-refractivity contribution in [2.75, 3.05) is 13.2 Å². The van der Waals surface area contributed by atoms with Gasteiger partial charge >= 0.3 is 5.97 Å². The largest absolute Gasteiger partial charge is 0.488 e. The van der Waals surface area contributed by atoms with Crippen LogP contribution in [0, 0.1) is 6.92 Å². The van der Waals surface area contributed by atoms with Crippen LogP contribution in [0.4, 0.5) is 0 Å². The van der Waals surface area contributed by atoms with E-state index in [1.807, 2.05) is 12.1 Å². The van der Waals surface area contributed by atoms with Crippen molar-refractivity contribution < 1.29 is 14.3 Å². The molecule has 3 heterocycles. The summed E-state index contributed by atoms with van der Waals surface area (Å²) in [7, 11) is 0. The van der Waals surface area contributed by atoms with E-state index in [4.69, 9.17) is 21.1 Å². The van der Waals surface area contributed by atoms with Gasteiger partial charge in [0.15, 0.2) is 0 Å². The van der Waals surface area contributed by atoms with Crippen molar-refractivity contribution in [1.82, 2.24) is 9.55 Å². The van der Waals surface area contributed by atoms with Gasteiger partial charge in [-0.1, -0.05) is 23.7 Å². The third-order valence-corrected chi connectivity index (χ3v) is 5.99. The second-order valence-corrected chi connectivity index (χ2v) is 7.65. The topological polar surface area (TPSA) is 70.4 Å². The quantitative estimate of drug-likeness (QED) is 0.480. The zero-order valence-electron chi connectivity index (χ0n) is 14.7. The Kier molecular flexibility index (Phi) is 4.88. The second-order valence-electron chi connectivity index (χ2n) is 6.24. The summed E-state index contributed by atoms with van der Waals surface area (Å²) in [4.78, 5) is 30.7. The van der Waals surface area contributed by atoms with Gasteiger partial charge in [0.1, 0.15) is 34.5 Å². The molecule has 1 aliphatic heterocycles. The smallest absolute Gasteiger partial charge is 0.348 e. The van der Waals surface area contributed by atoms with E-state index in [1.165, 1.54) is 11.3 Å². The summed E-state index contributed by atoms with van der Waals surface area (Å²) in [5, 5.41) is 1.02. The molecule has 0 radical (unpaired) electrons. The van der Waals surface area contributed by atoms with Crippen molar-refractivity contribution in [3.05, 3.63) is 55.9 Å². The van der Waals surface area contributed by atoms with Crippen molar-refractivity contribution in [2.24, 2.45) is 0 Å². The molecule has 0 saturated carbocycles. The van der Waals surface area contributed by atoms with Crippen molar-refractivity contribution in [3.8, 4) is 5.75 Å². The second kappa shape index (κ2) is 7.32. The van der Waals surface area contributed by atoms with Crippen LogP contribution in [-0.4, -0.2) is 28.7 Å². The number of aromatic nitrogens is 2. The monoisotopic (exact) mass is 404 g/mol. The van der Waals surface area contributed by atoms with Gasteiger partial charge in [0.25, 0.3) is 5.56 Å². The molecular formula is C19H17ClN2O4S. The number of nitrogens with zero attached hydrogens (tertiary/aromatic N) is 2. The first-order valence-electron chi connectivity index (χ1n) is 8.63. The number of fused-ring (bicyclic) bond motifs is 2. The molecule has 0 N–H and O–H groups in total. The summed E-state index contributed by atoms with van der Waals surface area (Å²) >= 11 is 7.22. The Bertz CT molecular complexity index is 1090. The zero-order chi connectivity index (χ0) is 19.0. The molecule has 0 atom stereocenters. The number of aryl methyl sites for hydroxylation is 2. The molecule has 140 valence electrons. The van der Waals surface area contributed by atoms with Gasteiger partial charge in [-0.2, -0.15) is 0 Å². The van der Waals surface area contributed by atoms with Gasteiger partial charge in [-0.05, 0) is 31.0 Å². The molecule has 27 heavy (non-hydrogen) atoms. The Morgan fingerprint density at radius 1 is 1.33 bits per heavy atom. The fourth-order valence-corrected chi connectivity index (χ4v) is 4.46. The SMILES string of the molecule is Cc1c(C(=O)OCCOc2ccccc2Cl)sc2nc3n(c(=O)c12)CCC3. The number of rotatable bonds is 5. The molecule has 1 aromatic carbocycles. The lowest BCUT2D eigenvalue weighted by molar-refractivity contribution is 0.0455. The summed E-state index contributed by atoms with van der Waals surface area (Å²) in [6, 6.07) is 7.10. The van der Waals surface area contributed by atoms with Crippen molar-refractivity contribution >= 4 is 39.1 Å². The first-order valence-corrected chi connectivity index (χ1v) is 9.83. The summed E-state index contributed by atoms with van der Waals surface area (Å²) in [6.07, 6.45) is 1.72. The fourth-order valence-electron chi connectivity index (χ4n) is 3.18. The maximum Gasteiger partial charge on any atom is 0.348 e. The van der Waals surface area contributed by atoms with Crippen LogP contribution in [0.15, 0.2) is 29.1 Å². The van der Waals surface area contributed by atoms with Gasteiger partial charge in [0.05, 0.1) is 10.4 Å². The number of halogens is 1. The Morgan fingerprint density at radius 3 is 2.96 bits per heavy atom. The molecule has 2 aromatic heterocycles. The number of benzene rings is 1. The summed E-state index contributed by atoms with van der Waals surface area (Å²) < 4.78 is 12.5. The van der Waals surface area contributed by atoms with Crippen molar-refractivity contribution in [1.29, 1.82) is 0 Å². The lowest BCUT2D eigenvalue weighted by Gasteiger charge is -2.08. The number of ether oxygens (including phenoxy) is 2. The lowest BCUT2D eigenvalue weighted by atomic mass is 10.2. The van der Waals surface area contributed by atoms with E-state index < -0.39 is 5.97 Å². The molecular weight excluding hydrogens is 388 g/mol. The normalized spacial score (nSPS) is 13.0. The highest BCUT2D eigenvalue weighted by atomic mass is 35.5. The maximum absolute atomic E-state index is 12.7. The van der Waals surface area contributed by atoms with Crippen LogP contribution in [0.1, 0.15) is 27.5 Å². The van der Waals surface area contributed by atoms with Gasteiger partial charge in [-0.25, -0.2) is 9.78 Å². The van der Waals surface area contributed by atoms with Gasteiger partial charge in [0.2, 0.25) is 0 Å². The average Bonchev–Trinajstić information content (AvgIpc) is 3.25. The first kappa shape index (κ1) is 18.0. The molecule has 0 unspecified atom stereocenters. The third kappa shape index (κ3) is 3.33. The van der Waals surface area contributed by atoms with Crippen LogP contribution < -0.4 is 10.3 Å². The molecule has 0 spiro atoms. The van der Waals surface area contributed by atoms with E-state index in [-0.39, 0.29) is 18.8 Å². The predicted molar refractivity (Wildman–Crippen MR) is 104 cm³/mol. The number of thiophene rings is 1. The van der Waals surface area contributed by atoms with Crippen LogP contribution in [0.5, 0.6) is 5.75 Å². The molecule has 6 nitrogen and oxygen atoms in total. The molecule has 0 amide bonds. The molecule has 8 heteroatoms. The highest BCUT2D eigenvalue weighted by Gasteiger charge is 2.23. The summed E-state index contributed by atoms with van der Waals surface area (Å²) in [5.41, 5.74) is 0.564. The number of hydrogen-bond donors (Lipinski definition) is 0. The molecule has 0 aliphatic carbocycles. The van der Waals surface area contributed by atoms with E-state index in [2.05, 4.69) is 4.98 Å². The maximum atomic E-state index is 12.7. The van der Waals surface area contributed by atoms with Gasteiger partial charge in [0, 0.05) is 13.0 Å². The minimum Gasteiger partial charge on any atom is -0.488 e. The standard InChI is InChI=1S/C19H17ClN2O4S/c1-11-15-17(21-14-7-4-8-22(14)18(15)23)27-16(11)19(24)26-10-9-25-13-6-3-2-5-12(13)20/h2-3,5-6H,4,7-10H2,1H3. The number of esters is 1. The molecule has 3 aromatic rings. The van der Waals surface area contributed by atoms with Crippen LogP contribution in [0.3, 0.4) is 0 Å². The average molecular weight is 405 g/mol. The number of carbonyl (C=O) groups is 1. The van der Waals surface area contributed by atoms with Gasteiger partial charge in [-0.15, -0.1) is 11.3 Å². The highest BCUT2D eigenvalue weighted by Crippen LogP contribution is 2.29.